The molecular formula is C16H23BrN2O. The highest BCUT2D eigenvalue weighted by Gasteiger charge is 2.25. The van der Waals surface area contributed by atoms with Gasteiger partial charge in [0.05, 0.1) is 5.92 Å². The van der Waals surface area contributed by atoms with E-state index in [9.17, 15) is 4.79 Å². The number of piperazine rings is 1. The molecule has 1 aliphatic rings. The number of amides is 1. The largest absolute Gasteiger partial charge is 0.340 e. The zero-order valence-corrected chi connectivity index (χ0v) is 13.9. The second kappa shape index (κ2) is 7.23. The van der Waals surface area contributed by atoms with Gasteiger partial charge in [-0.1, -0.05) is 35.0 Å². The number of carbonyl (C=O) groups excluding carboxylic acids is 1. The van der Waals surface area contributed by atoms with Crippen LogP contribution in [0.15, 0.2) is 28.7 Å². The van der Waals surface area contributed by atoms with Crippen LogP contribution in [0.4, 0.5) is 0 Å². The quantitative estimate of drug-likeness (QED) is 0.842. The lowest BCUT2D eigenvalue weighted by atomic mass is 9.99. The summed E-state index contributed by atoms with van der Waals surface area (Å²) in [6, 6.07) is 8.04. The van der Waals surface area contributed by atoms with Crippen LogP contribution in [0.3, 0.4) is 0 Å². The second-order valence-electron chi connectivity index (χ2n) is 5.44. The maximum Gasteiger partial charge on any atom is 0.229 e. The molecule has 0 N–H and O–H groups in total. The van der Waals surface area contributed by atoms with E-state index in [2.05, 4.69) is 27.8 Å². The van der Waals surface area contributed by atoms with Gasteiger partial charge in [0.1, 0.15) is 0 Å². The molecule has 1 aromatic carbocycles. The van der Waals surface area contributed by atoms with Gasteiger partial charge in [-0.25, -0.2) is 0 Å². The minimum Gasteiger partial charge on any atom is -0.340 e. The summed E-state index contributed by atoms with van der Waals surface area (Å²) in [5.41, 5.74) is 1.08. The van der Waals surface area contributed by atoms with Crippen LogP contribution in [-0.4, -0.2) is 48.4 Å². The topological polar surface area (TPSA) is 23.6 Å². The molecule has 0 radical (unpaired) electrons. The third kappa shape index (κ3) is 3.83. The first-order valence-corrected chi connectivity index (χ1v) is 8.17. The molecule has 0 bridgehead atoms. The van der Waals surface area contributed by atoms with Gasteiger partial charge in [-0.2, -0.15) is 0 Å². The molecule has 0 aliphatic carbocycles. The lowest BCUT2D eigenvalue weighted by Crippen LogP contribution is -2.49. The second-order valence-corrected chi connectivity index (χ2v) is 6.36. The van der Waals surface area contributed by atoms with Crippen LogP contribution in [0, 0.1) is 0 Å². The van der Waals surface area contributed by atoms with Gasteiger partial charge < -0.3 is 4.90 Å². The van der Waals surface area contributed by atoms with Crippen LogP contribution >= 0.6 is 15.9 Å². The number of halogens is 1. The monoisotopic (exact) mass is 338 g/mol. The molecule has 20 heavy (non-hydrogen) atoms. The van der Waals surface area contributed by atoms with E-state index in [1.165, 1.54) is 6.42 Å². The number of hydrogen-bond acceptors (Lipinski definition) is 2. The lowest BCUT2D eigenvalue weighted by molar-refractivity contribution is -0.134. The van der Waals surface area contributed by atoms with Crippen molar-refractivity contribution in [2.45, 2.75) is 26.2 Å². The summed E-state index contributed by atoms with van der Waals surface area (Å²) >= 11 is 3.47. The number of carbonyl (C=O) groups is 1. The Morgan fingerprint density at radius 2 is 2.00 bits per heavy atom. The minimum absolute atomic E-state index is 0.0646. The molecular weight excluding hydrogens is 316 g/mol. The van der Waals surface area contributed by atoms with Crippen LogP contribution in [0.25, 0.3) is 0 Å². The van der Waals surface area contributed by atoms with Crippen molar-refractivity contribution >= 4 is 21.8 Å². The Morgan fingerprint density at radius 3 is 2.60 bits per heavy atom. The van der Waals surface area contributed by atoms with Gasteiger partial charge in [0.15, 0.2) is 0 Å². The van der Waals surface area contributed by atoms with Crippen LogP contribution in [0.5, 0.6) is 0 Å². The minimum atomic E-state index is -0.0646. The maximum atomic E-state index is 12.6. The Labute approximate surface area is 130 Å². The highest BCUT2D eigenvalue weighted by molar-refractivity contribution is 9.10. The van der Waals surface area contributed by atoms with E-state index in [4.69, 9.17) is 0 Å². The predicted octanol–water partition coefficient (Wildman–Crippen LogP) is 3.11. The van der Waals surface area contributed by atoms with Gasteiger partial charge >= 0.3 is 0 Å². The van der Waals surface area contributed by atoms with Crippen molar-refractivity contribution in [1.29, 1.82) is 0 Å². The molecule has 0 spiro atoms. The van der Waals surface area contributed by atoms with E-state index in [0.29, 0.717) is 0 Å². The molecule has 1 heterocycles. The summed E-state index contributed by atoms with van der Waals surface area (Å²) in [5, 5.41) is 0. The van der Waals surface area contributed by atoms with Crippen molar-refractivity contribution in [3.63, 3.8) is 0 Å². The number of hydrogen-bond donors (Lipinski definition) is 0. The van der Waals surface area contributed by atoms with Crippen LogP contribution in [-0.2, 0) is 4.79 Å². The number of nitrogens with zero attached hydrogens (tertiary/aromatic N) is 2. The smallest absolute Gasteiger partial charge is 0.229 e. The average molecular weight is 339 g/mol. The molecule has 0 saturated carbocycles. The lowest BCUT2D eigenvalue weighted by Gasteiger charge is -2.35. The van der Waals surface area contributed by atoms with Gasteiger partial charge in [-0.05, 0) is 37.6 Å². The average Bonchev–Trinajstić information content (AvgIpc) is 2.47. The summed E-state index contributed by atoms with van der Waals surface area (Å²) in [7, 11) is 0. The zero-order chi connectivity index (χ0) is 14.5. The van der Waals surface area contributed by atoms with Gasteiger partial charge in [0.25, 0.3) is 0 Å². The first-order chi connectivity index (χ1) is 9.61. The first-order valence-electron chi connectivity index (χ1n) is 7.38. The summed E-state index contributed by atoms with van der Waals surface area (Å²) in [6.07, 6.45) is 1.18. The van der Waals surface area contributed by atoms with E-state index in [-0.39, 0.29) is 11.8 Å². The van der Waals surface area contributed by atoms with E-state index in [0.717, 1.165) is 42.8 Å². The molecule has 0 aromatic heterocycles. The molecule has 110 valence electrons. The van der Waals surface area contributed by atoms with Gasteiger partial charge in [0, 0.05) is 30.7 Å². The van der Waals surface area contributed by atoms with Crippen molar-refractivity contribution in [2.24, 2.45) is 0 Å². The summed E-state index contributed by atoms with van der Waals surface area (Å²) in [6.45, 7) is 9.07. The van der Waals surface area contributed by atoms with E-state index < -0.39 is 0 Å². The fraction of sp³-hybridized carbons (Fsp3) is 0.562. The Morgan fingerprint density at radius 1 is 1.30 bits per heavy atom. The third-order valence-electron chi connectivity index (χ3n) is 3.94. The first kappa shape index (κ1) is 15.5. The highest BCUT2D eigenvalue weighted by Crippen LogP contribution is 2.22. The van der Waals surface area contributed by atoms with Gasteiger partial charge in [-0.15, -0.1) is 0 Å². The van der Waals surface area contributed by atoms with E-state index >= 15 is 0 Å². The molecule has 1 saturated heterocycles. The molecule has 1 fully saturated rings. The molecule has 1 aliphatic heterocycles. The predicted molar refractivity (Wildman–Crippen MR) is 85.9 cm³/mol. The number of rotatable bonds is 4. The Hall–Kier alpha value is -0.870. The van der Waals surface area contributed by atoms with Crippen LogP contribution < -0.4 is 0 Å². The van der Waals surface area contributed by atoms with Gasteiger partial charge in [0.2, 0.25) is 5.91 Å². The van der Waals surface area contributed by atoms with E-state index in [1.807, 2.05) is 36.1 Å². The van der Waals surface area contributed by atoms with Gasteiger partial charge in [-0.3, -0.25) is 9.69 Å². The molecule has 1 amide bonds. The molecule has 1 unspecified atom stereocenters. The Bertz CT molecular complexity index is 456. The SMILES string of the molecule is CCCN1CCN(C(=O)C(C)c2cccc(Br)c2)CC1. The fourth-order valence-corrected chi connectivity index (χ4v) is 3.12. The summed E-state index contributed by atoms with van der Waals surface area (Å²) < 4.78 is 1.03. The Kier molecular flexibility index (Phi) is 5.61. The van der Waals surface area contributed by atoms with Crippen molar-refractivity contribution < 1.29 is 4.79 Å². The van der Waals surface area contributed by atoms with Crippen molar-refractivity contribution in [1.82, 2.24) is 9.80 Å². The fourth-order valence-electron chi connectivity index (χ4n) is 2.70. The van der Waals surface area contributed by atoms with Crippen molar-refractivity contribution in [2.75, 3.05) is 32.7 Å². The molecule has 1 aromatic rings. The molecule has 4 heteroatoms. The summed E-state index contributed by atoms with van der Waals surface area (Å²) in [4.78, 5) is 17.0. The van der Waals surface area contributed by atoms with Crippen molar-refractivity contribution in [3.8, 4) is 0 Å². The standard InChI is InChI=1S/C16H23BrN2O/c1-3-7-18-8-10-19(11-9-18)16(20)13(2)14-5-4-6-15(17)12-14/h4-6,12-13H,3,7-11H2,1-2H3. The molecule has 2 rings (SSSR count). The normalized spacial score (nSPS) is 18.1. The van der Waals surface area contributed by atoms with Crippen molar-refractivity contribution in [3.05, 3.63) is 34.3 Å². The third-order valence-corrected chi connectivity index (χ3v) is 4.44. The molecule has 1 atom stereocenters. The maximum absolute atomic E-state index is 12.6. The van der Waals surface area contributed by atoms with Crippen LogP contribution in [0.1, 0.15) is 31.7 Å². The highest BCUT2D eigenvalue weighted by atomic mass is 79.9. The zero-order valence-electron chi connectivity index (χ0n) is 12.3. The number of benzene rings is 1. The van der Waals surface area contributed by atoms with Crippen LogP contribution in [0.2, 0.25) is 0 Å². The summed E-state index contributed by atoms with van der Waals surface area (Å²) in [5.74, 6) is 0.185. The Balaban J connectivity index is 1.95. The van der Waals surface area contributed by atoms with E-state index in [1.54, 1.807) is 0 Å². The molecule has 3 nitrogen and oxygen atoms in total.